The largest absolute Gasteiger partial charge is 0.396 e. The van der Waals surface area contributed by atoms with Gasteiger partial charge in [0.05, 0.1) is 6.33 Å². The molecule has 0 amide bonds. The summed E-state index contributed by atoms with van der Waals surface area (Å²) < 4.78 is 12.6. The van der Waals surface area contributed by atoms with E-state index in [0.717, 1.165) is 0 Å². The maximum atomic E-state index is 11.4. The number of imidazole rings is 1. The highest BCUT2D eigenvalue weighted by Gasteiger charge is 2.31. The van der Waals surface area contributed by atoms with Crippen molar-refractivity contribution in [1.82, 2.24) is 19.5 Å². The minimum absolute atomic E-state index is 0.111. The van der Waals surface area contributed by atoms with Crippen LogP contribution in [0.3, 0.4) is 0 Å². The SMILES string of the molecule is Nc1ncnc2c1ncn2C(CCO)P(=O)(O)O. The van der Waals surface area contributed by atoms with E-state index in [1.807, 2.05) is 0 Å². The van der Waals surface area contributed by atoms with Gasteiger partial charge in [-0.2, -0.15) is 0 Å². The van der Waals surface area contributed by atoms with E-state index in [1.165, 1.54) is 17.2 Å². The lowest BCUT2D eigenvalue weighted by Gasteiger charge is -2.18. The second-order valence-corrected chi connectivity index (χ2v) is 5.44. The molecule has 18 heavy (non-hydrogen) atoms. The number of aliphatic hydroxyl groups excluding tert-OH is 1. The number of anilines is 1. The fraction of sp³-hybridized carbons (Fsp3) is 0.375. The highest BCUT2D eigenvalue weighted by molar-refractivity contribution is 7.51. The van der Waals surface area contributed by atoms with Gasteiger partial charge in [0, 0.05) is 13.0 Å². The third-order valence-electron chi connectivity index (χ3n) is 2.48. The molecule has 1 atom stereocenters. The Hall–Kier alpha value is -1.54. The number of hydrogen-bond acceptors (Lipinski definition) is 6. The molecule has 2 rings (SSSR count). The van der Waals surface area contributed by atoms with Gasteiger partial charge in [0.1, 0.15) is 17.6 Å². The van der Waals surface area contributed by atoms with E-state index < -0.39 is 13.4 Å². The highest BCUT2D eigenvalue weighted by Crippen LogP contribution is 2.51. The molecule has 0 bridgehead atoms. The molecular weight excluding hydrogens is 261 g/mol. The first-order valence-corrected chi connectivity index (χ1v) is 6.72. The topological polar surface area (TPSA) is 147 Å². The molecule has 0 aromatic carbocycles. The first-order chi connectivity index (χ1) is 8.45. The molecule has 10 heteroatoms. The van der Waals surface area contributed by atoms with Gasteiger partial charge in [0.15, 0.2) is 11.5 Å². The summed E-state index contributed by atoms with van der Waals surface area (Å²) in [6.45, 7) is -0.365. The van der Waals surface area contributed by atoms with Crippen LogP contribution >= 0.6 is 7.60 Å². The van der Waals surface area contributed by atoms with Crippen LogP contribution in [0.25, 0.3) is 11.2 Å². The van der Waals surface area contributed by atoms with Crippen molar-refractivity contribution in [1.29, 1.82) is 0 Å². The van der Waals surface area contributed by atoms with Crippen LogP contribution in [-0.2, 0) is 4.57 Å². The normalized spacial score (nSPS) is 13.9. The Bertz CT molecular complexity index is 609. The molecule has 1 unspecified atom stereocenters. The number of nitrogens with zero attached hydrogens (tertiary/aromatic N) is 4. The zero-order chi connectivity index (χ0) is 13.3. The molecule has 2 aromatic rings. The van der Waals surface area contributed by atoms with Crippen molar-refractivity contribution in [3.05, 3.63) is 12.7 Å². The molecule has 98 valence electrons. The molecule has 0 aliphatic rings. The first kappa shape index (κ1) is 12.9. The summed E-state index contributed by atoms with van der Waals surface area (Å²) in [7, 11) is -4.44. The summed E-state index contributed by atoms with van der Waals surface area (Å²) in [5.41, 5.74) is 6.08. The van der Waals surface area contributed by atoms with Crippen LogP contribution in [0.5, 0.6) is 0 Å². The third-order valence-corrected chi connectivity index (χ3v) is 3.77. The number of hydrogen-bond donors (Lipinski definition) is 4. The average molecular weight is 273 g/mol. The number of nitrogens with two attached hydrogens (primary N) is 1. The lowest BCUT2D eigenvalue weighted by atomic mass is 10.4. The van der Waals surface area contributed by atoms with Crippen LogP contribution in [-0.4, -0.2) is 41.0 Å². The molecule has 0 fully saturated rings. The highest BCUT2D eigenvalue weighted by atomic mass is 31.2. The lowest BCUT2D eigenvalue weighted by Crippen LogP contribution is -2.11. The van der Waals surface area contributed by atoms with E-state index in [1.54, 1.807) is 0 Å². The summed E-state index contributed by atoms with van der Waals surface area (Å²) in [5.74, 6) is -1.09. The summed E-state index contributed by atoms with van der Waals surface area (Å²) in [4.78, 5) is 30.1. The standard InChI is InChI=1S/C8H12N5O4P/c9-7-6-8(11-3-10-7)13(4-12-6)5(1-2-14)18(15,16)17/h3-5,14H,1-2H2,(H2,9,10,11)(H2,15,16,17). The van der Waals surface area contributed by atoms with Crippen LogP contribution < -0.4 is 5.73 Å². The Morgan fingerprint density at radius 2 is 2.11 bits per heavy atom. The Morgan fingerprint density at radius 3 is 2.72 bits per heavy atom. The molecule has 0 saturated carbocycles. The van der Waals surface area contributed by atoms with Gasteiger partial charge in [0.25, 0.3) is 0 Å². The number of nitrogen functional groups attached to an aromatic ring is 1. The Kier molecular flexibility index (Phi) is 3.31. The maximum Gasteiger partial charge on any atom is 0.348 e. The zero-order valence-corrected chi connectivity index (χ0v) is 10.1. The molecule has 0 spiro atoms. The van der Waals surface area contributed by atoms with Crippen molar-refractivity contribution in [2.45, 2.75) is 12.2 Å². The second kappa shape index (κ2) is 4.62. The molecule has 2 aromatic heterocycles. The van der Waals surface area contributed by atoms with Gasteiger partial charge in [0.2, 0.25) is 0 Å². The predicted octanol–water partition coefficient (Wildman–Crippen LogP) is -0.533. The van der Waals surface area contributed by atoms with E-state index in [0.29, 0.717) is 0 Å². The minimum Gasteiger partial charge on any atom is -0.396 e. The molecule has 0 radical (unpaired) electrons. The number of aromatic nitrogens is 4. The lowest BCUT2D eigenvalue weighted by molar-refractivity contribution is 0.259. The predicted molar refractivity (Wildman–Crippen MR) is 62.5 cm³/mol. The molecule has 0 saturated heterocycles. The molecule has 9 nitrogen and oxygen atoms in total. The average Bonchev–Trinajstić information content (AvgIpc) is 2.69. The van der Waals surface area contributed by atoms with E-state index in [2.05, 4.69) is 15.0 Å². The molecule has 2 heterocycles. The van der Waals surface area contributed by atoms with Crippen LogP contribution in [0, 0.1) is 0 Å². The Morgan fingerprint density at radius 1 is 1.39 bits per heavy atom. The molecule has 0 aliphatic heterocycles. The number of rotatable bonds is 4. The van der Waals surface area contributed by atoms with E-state index in [9.17, 15) is 14.4 Å². The number of aliphatic hydroxyl groups is 1. The Labute approximate surface area is 101 Å². The summed E-state index contributed by atoms with van der Waals surface area (Å²) >= 11 is 0. The second-order valence-electron chi connectivity index (χ2n) is 3.66. The van der Waals surface area contributed by atoms with Gasteiger partial charge in [-0.15, -0.1) is 0 Å². The minimum atomic E-state index is -4.44. The van der Waals surface area contributed by atoms with E-state index in [-0.39, 0.29) is 30.0 Å². The first-order valence-electron chi connectivity index (χ1n) is 5.04. The van der Waals surface area contributed by atoms with Crippen molar-refractivity contribution in [3.8, 4) is 0 Å². The Balaban J connectivity index is 2.58. The summed E-state index contributed by atoms with van der Waals surface area (Å²) in [6.07, 6.45) is 2.31. The molecule has 0 aliphatic carbocycles. The van der Waals surface area contributed by atoms with E-state index in [4.69, 9.17) is 10.8 Å². The number of fused-ring (bicyclic) bond motifs is 1. The van der Waals surface area contributed by atoms with Gasteiger partial charge in [-0.1, -0.05) is 0 Å². The van der Waals surface area contributed by atoms with Crippen molar-refractivity contribution >= 4 is 24.6 Å². The quantitative estimate of drug-likeness (QED) is 0.543. The third kappa shape index (κ3) is 2.21. The summed E-state index contributed by atoms with van der Waals surface area (Å²) in [6, 6.07) is 0. The molecular formula is C8H12N5O4P. The van der Waals surface area contributed by atoms with Crippen LogP contribution in [0.2, 0.25) is 0 Å². The fourth-order valence-electron chi connectivity index (χ4n) is 1.67. The van der Waals surface area contributed by atoms with Gasteiger partial charge in [-0.05, 0) is 0 Å². The fourth-order valence-corrected chi connectivity index (χ4v) is 2.62. The van der Waals surface area contributed by atoms with Gasteiger partial charge in [-0.3, -0.25) is 9.13 Å². The van der Waals surface area contributed by atoms with Gasteiger partial charge >= 0.3 is 7.60 Å². The van der Waals surface area contributed by atoms with Crippen LogP contribution in [0.15, 0.2) is 12.7 Å². The van der Waals surface area contributed by atoms with Crippen LogP contribution in [0.4, 0.5) is 5.82 Å². The smallest absolute Gasteiger partial charge is 0.348 e. The van der Waals surface area contributed by atoms with Gasteiger partial charge in [-0.25, -0.2) is 15.0 Å². The van der Waals surface area contributed by atoms with Crippen molar-refractivity contribution < 1.29 is 19.5 Å². The van der Waals surface area contributed by atoms with E-state index >= 15 is 0 Å². The van der Waals surface area contributed by atoms with Crippen molar-refractivity contribution in [2.75, 3.05) is 12.3 Å². The van der Waals surface area contributed by atoms with Gasteiger partial charge < -0.3 is 20.6 Å². The summed E-state index contributed by atoms with van der Waals surface area (Å²) in [5, 5.41) is 8.89. The monoisotopic (exact) mass is 273 g/mol. The zero-order valence-electron chi connectivity index (χ0n) is 9.21. The van der Waals surface area contributed by atoms with Crippen molar-refractivity contribution in [2.24, 2.45) is 0 Å². The van der Waals surface area contributed by atoms with Crippen LogP contribution in [0.1, 0.15) is 12.2 Å². The van der Waals surface area contributed by atoms with Crippen molar-refractivity contribution in [3.63, 3.8) is 0 Å². The molecule has 5 N–H and O–H groups in total. The maximum absolute atomic E-state index is 11.4.